The third-order valence-corrected chi connectivity index (χ3v) is 3.77. The Labute approximate surface area is 127 Å². The molecule has 7 heteroatoms. The number of nitro groups is 1. The topological polar surface area (TPSA) is 81.5 Å². The number of nitrogens with zero attached hydrogens (tertiary/aromatic N) is 1. The van der Waals surface area contributed by atoms with Crippen molar-refractivity contribution in [3.8, 4) is 0 Å². The number of amides is 1. The van der Waals surface area contributed by atoms with E-state index in [2.05, 4.69) is 5.32 Å². The molecule has 1 aromatic carbocycles. The normalized spacial score (nSPS) is 20.5. The lowest BCUT2D eigenvalue weighted by Crippen LogP contribution is -2.45. The lowest BCUT2D eigenvalue weighted by molar-refractivity contribution is -0.387. The second-order valence-electron chi connectivity index (χ2n) is 6.15. The molecule has 1 aliphatic heterocycles. The van der Waals surface area contributed by atoms with E-state index in [0.717, 1.165) is 12.1 Å². The first-order valence-corrected chi connectivity index (χ1v) is 7.09. The Morgan fingerprint density at radius 3 is 2.77 bits per heavy atom. The highest BCUT2D eigenvalue weighted by Gasteiger charge is 2.30. The summed E-state index contributed by atoms with van der Waals surface area (Å²) in [7, 11) is 0. The average Bonchev–Trinajstić information content (AvgIpc) is 2.36. The highest BCUT2D eigenvalue weighted by Crippen LogP contribution is 2.25. The molecule has 6 nitrogen and oxygen atoms in total. The van der Waals surface area contributed by atoms with Crippen LogP contribution in [0.5, 0.6) is 0 Å². The second-order valence-corrected chi connectivity index (χ2v) is 6.15. The fraction of sp³-hybridized carbons (Fsp3) is 0.533. The molecule has 1 heterocycles. The minimum absolute atomic E-state index is 0.0697. The molecule has 0 bridgehead atoms. The largest absolute Gasteiger partial charge is 0.375 e. The van der Waals surface area contributed by atoms with E-state index in [1.807, 2.05) is 13.8 Å². The molecule has 0 aliphatic carbocycles. The van der Waals surface area contributed by atoms with Crippen LogP contribution in [0.4, 0.5) is 10.1 Å². The smallest absolute Gasteiger partial charge is 0.305 e. The number of hydrogen-bond donors (Lipinski definition) is 1. The molecule has 1 saturated heterocycles. The van der Waals surface area contributed by atoms with E-state index in [0.29, 0.717) is 25.0 Å². The molecule has 1 aliphatic rings. The molecule has 120 valence electrons. The zero-order chi connectivity index (χ0) is 16.5. The van der Waals surface area contributed by atoms with Gasteiger partial charge in [-0.1, -0.05) is 0 Å². The number of ether oxygens (including phenoxy) is 1. The van der Waals surface area contributed by atoms with Gasteiger partial charge >= 0.3 is 5.69 Å². The second kappa shape index (κ2) is 6.00. The van der Waals surface area contributed by atoms with Crippen LogP contribution >= 0.6 is 0 Å². The van der Waals surface area contributed by atoms with Crippen molar-refractivity contribution in [2.24, 2.45) is 0 Å². The maximum Gasteiger partial charge on any atom is 0.305 e. The predicted molar refractivity (Wildman–Crippen MR) is 78.3 cm³/mol. The molecule has 0 radical (unpaired) electrons. The standard InChI is InChI=1S/C15H19FN2O4/c1-9-6-12(16)13(18(20)21)7-11(9)14(19)17-10-4-5-22-15(2,3)8-10/h6-7,10H,4-5,8H2,1-3H3,(H,17,19)/t10-/m0/s1. The van der Waals surface area contributed by atoms with Gasteiger partial charge in [-0.2, -0.15) is 4.39 Å². The number of carbonyl (C=O) groups is 1. The van der Waals surface area contributed by atoms with Gasteiger partial charge in [0.1, 0.15) is 0 Å². The van der Waals surface area contributed by atoms with Gasteiger partial charge in [0, 0.05) is 24.3 Å². The van der Waals surface area contributed by atoms with Crippen molar-refractivity contribution >= 4 is 11.6 Å². The van der Waals surface area contributed by atoms with Crippen LogP contribution in [0.3, 0.4) is 0 Å². The van der Waals surface area contributed by atoms with Crippen molar-refractivity contribution in [3.63, 3.8) is 0 Å². The molecule has 22 heavy (non-hydrogen) atoms. The van der Waals surface area contributed by atoms with Gasteiger partial charge in [-0.25, -0.2) is 0 Å². The monoisotopic (exact) mass is 310 g/mol. The summed E-state index contributed by atoms with van der Waals surface area (Å²) in [6.07, 6.45) is 1.33. The highest BCUT2D eigenvalue weighted by atomic mass is 19.1. The molecule has 2 rings (SSSR count). The zero-order valence-electron chi connectivity index (χ0n) is 12.8. The Kier molecular flexibility index (Phi) is 4.46. The van der Waals surface area contributed by atoms with Crippen molar-refractivity contribution in [2.45, 2.75) is 45.3 Å². The number of carbonyl (C=O) groups excluding carboxylic acids is 1. The summed E-state index contributed by atoms with van der Waals surface area (Å²) in [6.45, 7) is 5.98. The maximum atomic E-state index is 13.5. The number of nitrogens with one attached hydrogen (secondary N) is 1. The molecule has 1 atom stereocenters. The number of nitro benzene ring substituents is 1. The number of halogens is 1. The molecular weight excluding hydrogens is 291 g/mol. The minimum Gasteiger partial charge on any atom is -0.375 e. The van der Waals surface area contributed by atoms with Gasteiger partial charge in [0.05, 0.1) is 10.5 Å². The van der Waals surface area contributed by atoms with E-state index in [1.54, 1.807) is 6.92 Å². The van der Waals surface area contributed by atoms with E-state index in [9.17, 15) is 19.3 Å². The van der Waals surface area contributed by atoms with Crippen molar-refractivity contribution in [2.75, 3.05) is 6.61 Å². The van der Waals surface area contributed by atoms with Crippen LogP contribution in [0.15, 0.2) is 12.1 Å². The molecular formula is C15H19FN2O4. The van der Waals surface area contributed by atoms with Gasteiger partial charge in [0.25, 0.3) is 5.91 Å². The van der Waals surface area contributed by atoms with Gasteiger partial charge < -0.3 is 10.1 Å². The average molecular weight is 310 g/mol. The predicted octanol–water partition coefficient (Wildman–Crippen LogP) is 2.73. The number of rotatable bonds is 3. The van der Waals surface area contributed by atoms with Crippen LogP contribution in [0.25, 0.3) is 0 Å². The van der Waals surface area contributed by atoms with E-state index in [-0.39, 0.29) is 17.2 Å². The summed E-state index contributed by atoms with van der Waals surface area (Å²) >= 11 is 0. The Morgan fingerprint density at radius 2 is 2.18 bits per heavy atom. The summed E-state index contributed by atoms with van der Waals surface area (Å²) in [5, 5.41) is 13.7. The highest BCUT2D eigenvalue weighted by molar-refractivity contribution is 5.96. The van der Waals surface area contributed by atoms with E-state index in [1.165, 1.54) is 0 Å². The Balaban J connectivity index is 2.19. The summed E-state index contributed by atoms with van der Waals surface area (Å²) in [6, 6.07) is 1.94. The first-order valence-electron chi connectivity index (χ1n) is 7.09. The maximum absolute atomic E-state index is 13.5. The van der Waals surface area contributed by atoms with Gasteiger partial charge in [-0.05, 0) is 45.2 Å². The van der Waals surface area contributed by atoms with Crippen LogP contribution in [0.1, 0.15) is 42.6 Å². The Morgan fingerprint density at radius 1 is 1.50 bits per heavy atom. The number of aryl methyl sites for hydroxylation is 1. The Bertz CT molecular complexity index is 616. The van der Waals surface area contributed by atoms with Crippen LogP contribution < -0.4 is 5.32 Å². The SMILES string of the molecule is Cc1cc(F)c([N+](=O)[O-])cc1C(=O)N[C@H]1CCOC(C)(C)C1. The fourth-order valence-electron chi connectivity index (χ4n) is 2.66. The van der Waals surface area contributed by atoms with Crippen LogP contribution in [-0.4, -0.2) is 29.1 Å². The molecule has 1 N–H and O–H groups in total. The summed E-state index contributed by atoms with van der Waals surface area (Å²) < 4.78 is 19.1. The molecule has 1 amide bonds. The summed E-state index contributed by atoms with van der Waals surface area (Å²) in [5.41, 5.74) is -0.521. The van der Waals surface area contributed by atoms with Gasteiger partial charge in [0.15, 0.2) is 0 Å². The van der Waals surface area contributed by atoms with Crippen LogP contribution in [0, 0.1) is 22.9 Å². The molecule has 0 spiro atoms. The van der Waals surface area contributed by atoms with Gasteiger partial charge in [-0.3, -0.25) is 14.9 Å². The summed E-state index contributed by atoms with van der Waals surface area (Å²) in [5.74, 6) is -1.37. The lowest BCUT2D eigenvalue weighted by atomic mass is 9.93. The van der Waals surface area contributed by atoms with Crippen molar-refractivity contribution in [1.29, 1.82) is 0 Å². The first-order chi connectivity index (χ1) is 10.2. The van der Waals surface area contributed by atoms with E-state index in [4.69, 9.17) is 4.74 Å². The Hall–Kier alpha value is -2.02. The quantitative estimate of drug-likeness (QED) is 0.687. The molecule has 0 aromatic heterocycles. The number of benzene rings is 1. The van der Waals surface area contributed by atoms with Crippen LogP contribution in [0.2, 0.25) is 0 Å². The lowest BCUT2D eigenvalue weighted by Gasteiger charge is -2.35. The third-order valence-electron chi connectivity index (χ3n) is 3.77. The summed E-state index contributed by atoms with van der Waals surface area (Å²) in [4.78, 5) is 22.3. The van der Waals surface area contributed by atoms with Crippen molar-refractivity contribution < 1.29 is 18.8 Å². The van der Waals surface area contributed by atoms with Gasteiger partial charge in [-0.15, -0.1) is 0 Å². The molecule has 0 saturated carbocycles. The molecule has 1 fully saturated rings. The number of hydrogen-bond acceptors (Lipinski definition) is 4. The van der Waals surface area contributed by atoms with Gasteiger partial charge in [0.2, 0.25) is 5.82 Å². The fourth-order valence-corrected chi connectivity index (χ4v) is 2.66. The molecule has 0 unspecified atom stereocenters. The zero-order valence-corrected chi connectivity index (χ0v) is 12.8. The van der Waals surface area contributed by atoms with Crippen molar-refractivity contribution in [3.05, 3.63) is 39.2 Å². The third kappa shape index (κ3) is 3.59. The van der Waals surface area contributed by atoms with E-state index < -0.39 is 22.3 Å². The van der Waals surface area contributed by atoms with Crippen molar-refractivity contribution in [1.82, 2.24) is 5.32 Å². The minimum atomic E-state index is -0.939. The van der Waals surface area contributed by atoms with Crippen LogP contribution in [-0.2, 0) is 4.74 Å². The molecule has 1 aromatic rings. The van der Waals surface area contributed by atoms with E-state index >= 15 is 0 Å². The first kappa shape index (κ1) is 16.4.